The lowest BCUT2D eigenvalue weighted by atomic mass is 9.84. The Bertz CT molecular complexity index is 1290. The van der Waals surface area contributed by atoms with Gasteiger partial charge < -0.3 is 16.4 Å². The molecule has 8 heteroatoms. The summed E-state index contributed by atoms with van der Waals surface area (Å²) in [5.41, 5.74) is 11.3. The normalized spacial score (nSPS) is 20.1. The van der Waals surface area contributed by atoms with Gasteiger partial charge >= 0.3 is 6.43 Å². The molecule has 0 atom stereocenters. The fourth-order valence-corrected chi connectivity index (χ4v) is 5.25. The maximum Gasteiger partial charge on any atom is 0.315 e. The monoisotopic (exact) mass is 518 g/mol. The number of aromatic nitrogens is 1. The smallest absolute Gasteiger partial charge is 0.315 e. The third-order valence-corrected chi connectivity index (χ3v) is 7.68. The van der Waals surface area contributed by atoms with E-state index in [9.17, 15) is 18.4 Å². The Labute approximate surface area is 221 Å². The van der Waals surface area contributed by atoms with Gasteiger partial charge in [-0.05, 0) is 72.8 Å². The van der Waals surface area contributed by atoms with Crippen molar-refractivity contribution < 1.29 is 18.4 Å². The first-order valence-electron chi connectivity index (χ1n) is 13.1. The Kier molecular flexibility index (Phi) is 7.51. The van der Waals surface area contributed by atoms with E-state index in [0.29, 0.717) is 37.9 Å². The van der Waals surface area contributed by atoms with Crippen molar-refractivity contribution in [2.75, 3.05) is 5.32 Å². The fraction of sp³-hybridized carbons (Fsp3) is 0.367. The Balaban J connectivity index is 1.26. The average Bonchev–Trinajstić information content (AvgIpc) is 3.68. The van der Waals surface area contributed by atoms with Crippen molar-refractivity contribution in [1.29, 1.82) is 0 Å². The van der Waals surface area contributed by atoms with E-state index in [1.807, 2.05) is 36.4 Å². The highest BCUT2D eigenvalue weighted by Crippen LogP contribution is 2.43. The van der Waals surface area contributed by atoms with Crippen molar-refractivity contribution in [1.82, 2.24) is 10.3 Å². The zero-order valence-electron chi connectivity index (χ0n) is 21.1. The highest BCUT2D eigenvalue weighted by Gasteiger charge is 2.39. The maximum absolute atomic E-state index is 12.8. The van der Waals surface area contributed by atoms with E-state index in [4.69, 9.17) is 5.73 Å². The van der Waals surface area contributed by atoms with Gasteiger partial charge in [-0.3, -0.25) is 9.59 Å². The second kappa shape index (κ2) is 11.0. The number of benzene rings is 2. The molecule has 4 N–H and O–H groups in total. The molecule has 2 aliphatic rings. The molecule has 198 valence electrons. The summed E-state index contributed by atoms with van der Waals surface area (Å²) in [4.78, 5) is 28.6. The quantitative estimate of drug-likeness (QED) is 0.360. The van der Waals surface area contributed by atoms with Crippen LogP contribution in [0.15, 0.2) is 66.9 Å². The topological polar surface area (TPSA) is 97.1 Å². The second-order valence-corrected chi connectivity index (χ2v) is 10.5. The van der Waals surface area contributed by atoms with Gasteiger partial charge in [0.1, 0.15) is 5.82 Å². The number of nitrogens with zero attached hydrogens (tertiary/aromatic N) is 1. The minimum absolute atomic E-state index is 0.133. The lowest BCUT2D eigenvalue weighted by Gasteiger charge is -2.28. The van der Waals surface area contributed by atoms with E-state index in [0.717, 1.165) is 40.7 Å². The SMILES string of the molecule is NC1(c2ccc(-c3cnc(NC(=O)CC4CCC(NC(=O)C(F)F)CC4)cc3-c3ccccc3)cc2)CC1. The molecule has 1 heterocycles. The van der Waals surface area contributed by atoms with Crippen LogP contribution in [0, 0.1) is 5.92 Å². The number of hydrogen-bond donors (Lipinski definition) is 3. The van der Waals surface area contributed by atoms with Crippen molar-refractivity contribution in [3.63, 3.8) is 0 Å². The molecule has 0 saturated heterocycles. The van der Waals surface area contributed by atoms with Crippen molar-refractivity contribution >= 4 is 17.6 Å². The zero-order valence-corrected chi connectivity index (χ0v) is 21.1. The summed E-state index contributed by atoms with van der Waals surface area (Å²) in [6.45, 7) is 0. The van der Waals surface area contributed by atoms with E-state index in [1.165, 1.54) is 0 Å². The van der Waals surface area contributed by atoms with Gasteiger partial charge in [0.05, 0.1) is 0 Å². The van der Waals surface area contributed by atoms with Crippen LogP contribution in [0.5, 0.6) is 0 Å². The lowest BCUT2D eigenvalue weighted by molar-refractivity contribution is -0.132. The Hall–Kier alpha value is -3.65. The van der Waals surface area contributed by atoms with Gasteiger partial charge in [-0.25, -0.2) is 4.98 Å². The summed E-state index contributed by atoms with van der Waals surface area (Å²) in [5, 5.41) is 5.32. The third kappa shape index (κ3) is 6.07. The number of rotatable bonds is 8. The van der Waals surface area contributed by atoms with Gasteiger partial charge in [-0.2, -0.15) is 8.78 Å². The Morgan fingerprint density at radius 1 is 0.947 bits per heavy atom. The van der Waals surface area contributed by atoms with E-state index in [-0.39, 0.29) is 23.4 Å². The van der Waals surface area contributed by atoms with Crippen LogP contribution >= 0.6 is 0 Å². The standard InChI is InChI=1S/C30H32F2N4O2/c31-28(32)29(38)35-23-12-6-19(7-13-23)16-27(37)36-26-17-24(20-4-2-1-3-5-20)25(18-34-26)21-8-10-22(11-9-21)30(33)14-15-30/h1-5,8-11,17-19,23,28H,6-7,12-16,33H2,(H,35,38)(H,34,36,37). The molecule has 0 bridgehead atoms. The minimum atomic E-state index is -3.00. The molecule has 2 amide bonds. The number of carbonyl (C=O) groups is 2. The predicted octanol–water partition coefficient (Wildman–Crippen LogP) is 5.63. The first kappa shape index (κ1) is 26.0. The molecule has 0 unspecified atom stereocenters. The highest BCUT2D eigenvalue weighted by atomic mass is 19.3. The fourth-order valence-electron chi connectivity index (χ4n) is 5.25. The van der Waals surface area contributed by atoms with Crippen LogP contribution in [0.1, 0.15) is 50.5 Å². The largest absolute Gasteiger partial charge is 0.348 e. The summed E-state index contributed by atoms with van der Waals surface area (Å²) in [6, 6.07) is 19.9. The number of alkyl halides is 2. The first-order chi connectivity index (χ1) is 18.3. The molecule has 3 aromatic rings. The number of halogens is 2. The molecule has 38 heavy (non-hydrogen) atoms. The number of anilines is 1. The molecule has 2 aromatic carbocycles. The summed E-state index contributed by atoms with van der Waals surface area (Å²) >= 11 is 0. The number of pyridine rings is 1. The van der Waals surface area contributed by atoms with Crippen LogP contribution < -0.4 is 16.4 Å². The zero-order chi connectivity index (χ0) is 26.7. The third-order valence-electron chi connectivity index (χ3n) is 7.68. The lowest BCUT2D eigenvalue weighted by Crippen LogP contribution is -2.40. The van der Waals surface area contributed by atoms with Crippen molar-refractivity contribution in [3.05, 3.63) is 72.4 Å². The molecule has 0 spiro atoms. The number of nitrogens with two attached hydrogens (primary N) is 1. The maximum atomic E-state index is 12.8. The molecule has 2 aliphatic carbocycles. The Morgan fingerprint density at radius 2 is 1.61 bits per heavy atom. The van der Waals surface area contributed by atoms with Crippen LogP contribution in [-0.4, -0.2) is 29.3 Å². The van der Waals surface area contributed by atoms with E-state index in [2.05, 4.69) is 39.9 Å². The summed E-state index contributed by atoms with van der Waals surface area (Å²) in [6.07, 6.45) is 3.70. The van der Waals surface area contributed by atoms with Gasteiger partial charge in [0.25, 0.3) is 5.91 Å². The number of nitrogens with one attached hydrogen (secondary N) is 2. The molecule has 2 fully saturated rings. The van der Waals surface area contributed by atoms with E-state index >= 15 is 0 Å². The van der Waals surface area contributed by atoms with E-state index in [1.54, 1.807) is 6.20 Å². The summed E-state index contributed by atoms with van der Waals surface area (Å²) in [7, 11) is 0. The molecular formula is C30H32F2N4O2. The van der Waals surface area contributed by atoms with Crippen molar-refractivity contribution in [3.8, 4) is 22.3 Å². The van der Waals surface area contributed by atoms with Crippen LogP contribution in [-0.2, 0) is 15.1 Å². The molecular weight excluding hydrogens is 486 g/mol. The minimum Gasteiger partial charge on any atom is -0.348 e. The Morgan fingerprint density at radius 3 is 2.24 bits per heavy atom. The molecule has 0 aliphatic heterocycles. The molecule has 2 saturated carbocycles. The number of carbonyl (C=O) groups excluding carboxylic acids is 2. The molecule has 6 nitrogen and oxygen atoms in total. The van der Waals surface area contributed by atoms with Gasteiger partial charge in [-0.1, -0.05) is 54.6 Å². The molecule has 1 aromatic heterocycles. The predicted molar refractivity (Wildman–Crippen MR) is 143 cm³/mol. The van der Waals surface area contributed by atoms with Gasteiger partial charge in [0, 0.05) is 29.8 Å². The van der Waals surface area contributed by atoms with Crippen molar-refractivity contribution in [2.45, 2.75) is 63.0 Å². The van der Waals surface area contributed by atoms with Gasteiger partial charge in [0.2, 0.25) is 5.91 Å². The summed E-state index contributed by atoms with van der Waals surface area (Å²) in [5.74, 6) is -0.743. The van der Waals surface area contributed by atoms with Crippen LogP contribution in [0.4, 0.5) is 14.6 Å². The second-order valence-electron chi connectivity index (χ2n) is 10.5. The molecule has 0 radical (unpaired) electrons. The van der Waals surface area contributed by atoms with Crippen LogP contribution in [0.3, 0.4) is 0 Å². The average molecular weight is 519 g/mol. The van der Waals surface area contributed by atoms with Crippen LogP contribution in [0.25, 0.3) is 22.3 Å². The summed E-state index contributed by atoms with van der Waals surface area (Å²) < 4.78 is 25.0. The van der Waals surface area contributed by atoms with E-state index < -0.39 is 12.3 Å². The highest BCUT2D eigenvalue weighted by molar-refractivity contribution is 5.92. The number of amides is 2. The molecule has 5 rings (SSSR count). The number of hydrogen-bond acceptors (Lipinski definition) is 4. The van der Waals surface area contributed by atoms with Gasteiger partial charge in [-0.15, -0.1) is 0 Å². The first-order valence-corrected chi connectivity index (χ1v) is 13.1. The van der Waals surface area contributed by atoms with Crippen molar-refractivity contribution in [2.24, 2.45) is 11.7 Å². The van der Waals surface area contributed by atoms with Crippen LogP contribution in [0.2, 0.25) is 0 Å². The van der Waals surface area contributed by atoms with Gasteiger partial charge in [0.15, 0.2) is 0 Å².